The Morgan fingerprint density at radius 2 is 2.00 bits per heavy atom. The zero-order valence-corrected chi connectivity index (χ0v) is 13.0. The second kappa shape index (κ2) is 6.19. The summed E-state index contributed by atoms with van der Waals surface area (Å²) in [7, 11) is 0. The summed E-state index contributed by atoms with van der Waals surface area (Å²) >= 11 is 9.34. The third-order valence-electron chi connectivity index (χ3n) is 2.60. The molecule has 6 nitrogen and oxygen atoms in total. The fourth-order valence-electron chi connectivity index (χ4n) is 1.63. The van der Waals surface area contributed by atoms with Gasteiger partial charge in [0.1, 0.15) is 6.61 Å². The zero-order chi connectivity index (χ0) is 14.7. The summed E-state index contributed by atoms with van der Waals surface area (Å²) < 4.78 is 8.02. The van der Waals surface area contributed by atoms with E-state index in [-0.39, 0.29) is 11.3 Å². The van der Waals surface area contributed by atoms with E-state index >= 15 is 0 Å². The Morgan fingerprint density at radius 1 is 1.14 bits per heavy atom. The predicted molar refractivity (Wildman–Crippen MR) is 80.4 cm³/mol. The minimum atomic E-state index is 0.0534. The Hall–Kier alpha value is -1.99. The minimum absolute atomic E-state index is 0.0534. The standard InChI is InChI=1S/C13H9BrClN5O/c14-10-5-2-1-4-9(10)8-21-13-18-11(15)17-12(19-13)20-7-3-6-16-20/h1-7H,8H2. The summed E-state index contributed by atoms with van der Waals surface area (Å²) in [6.45, 7) is 0.320. The molecule has 106 valence electrons. The first-order valence-electron chi connectivity index (χ1n) is 6.00. The molecule has 0 spiro atoms. The van der Waals surface area contributed by atoms with Crippen molar-refractivity contribution in [3.63, 3.8) is 0 Å². The van der Waals surface area contributed by atoms with Gasteiger partial charge in [0.05, 0.1) is 0 Å². The van der Waals surface area contributed by atoms with Crippen molar-refractivity contribution in [3.05, 3.63) is 58.0 Å². The van der Waals surface area contributed by atoms with Crippen LogP contribution in [0.5, 0.6) is 6.01 Å². The number of halogens is 2. The number of hydrogen-bond acceptors (Lipinski definition) is 5. The molecule has 0 aliphatic rings. The van der Waals surface area contributed by atoms with Crippen molar-refractivity contribution >= 4 is 27.5 Å². The van der Waals surface area contributed by atoms with Crippen LogP contribution in [0.2, 0.25) is 5.28 Å². The van der Waals surface area contributed by atoms with Crippen molar-refractivity contribution in [1.29, 1.82) is 0 Å². The average Bonchev–Trinajstić information content (AvgIpc) is 3.00. The minimum Gasteiger partial charge on any atom is -0.458 e. The Kier molecular flexibility index (Phi) is 4.12. The third kappa shape index (κ3) is 3.37. The number of hydrogen-bond donors (Lipinski definition) is 0. The molecule has 0 atom stereocenters. The highest BCUT2D eigenvalue weighted by molar-refractivity contribution is 9.10. The van der Waals surface area contributed by atoms with E-state index in [1.165, 1.54) is 4.68 Å². The van der Waals surface area contributed by atoms with Crippen LogP contribution >= 0.6 is 27.5 Å². The molecule has 0 fully saturated rings. The van der Waals surface area contributed by atoms with E-state index in [0.717, 1.165) is 10.0 Å². The smallest absolute Gasteiger partial charge is 0.322 e. The van der Waals surface area contributed by atoms with Gasteiger partial charge >= 0.3 is 6.01 Å². The largest absolute Gasteiger partial charge is 0.458 e. The fraction of sp³-hybridized carbons (Fsp3) is 0.0769. The number of aromatic nitrogens is 5. The molecule has 0 amide bonds. The van der Waals surface area contributed by atoms with Gasteiger partial charge < -0.3 is 4.74 Å². The van der Waals surface area contributed by atoms with Gasteiger partial charge in [-0.25, -0.2) is 4.68 Å². The van der Waals surface area contributed by atoms with E-state index in [1.807, 2.05) is 24.3 Å². The van der Waals surface area contributed by atoms with Crippen LogP contribution in [0.1, 0.15) is 5.56 Å². The zero-order valence-electron chi connectivity index (χ0n) is 10.6. The Bertz CT molecular complexity index is 750. The predicted octanol–water partition coefficient (Wildman–Crippen LogP) is 3.05. The van der Waals surface area contributed by atoms with Crippen molar-refractivity contribution in [3.8, 4) is 12.0 Å². The fourth-order valence-corrected chi connectivity index (χ4v) is 2.18. The molecule has 0 aliphatic heterocycles. The van der Waals surface area contributed by atoms with Crippen molar-refractivity contribution < 1.29 is 4.74 Å². The van der Waals surface area contributed by atoms with Crippen LogP contribution < -0.4 is 4.74 Å². The Balaban J connectivity index is 1.81. The first-order valence-corrected chi connectivity index (χ1v) is 7.17. The monoisotopic (exact) mass is 365 g/mol. The van der Waals surface area contributed by atoms with Crippen molar-refractivity contribution in [1.82, 2.24) is 24.7 Å². The van der Waals surface area contributed by atoms with Crippen molar-refractivity contribution in [2.45, 2.75) is 6.61 Å². The number of benzene rings is 1. The van der Waals surface area contributed by atoms with Crippen LogP contribution in [-0.2, 0) is 6.61 Å². The van der Waals surface area contributed by atoms with E-state index in [1.54, 1.807) is 18.5 Å². The molecule has 0 radical (unpaired) electrons. The molecular weight excluding hydrogens is 358 g/mol. The lowest BCUT2D eigenvalue weighted by Gasteiger charge is -2.07. The van der Waals surface area contributed by atoms with Crippen LogP contribution in [-0.4, -0.2) is 24.7 Å². The highest BCUT2D eigenvalue weighted by Crippen LogP contribution is 2.18. The van der Waals surface area contributed by atoms with Crippen LogP contribution in [0.25, 0.3) is 5.95 Å². The topological polar surface area (TPSA) is 65.7 Å². The molecule has 0 unspecified atom stereocenters. The SMILES string of the molecule is Clc1nc(OCc2ccccc2Br)nc(-n2cccn2)n1. The van der Waals surface area contributed by atoms with Gasteiger partial charge in [-0.15, -0.1) is 0 Å². The molecule has 0 N–H and O–H groups in total. The normalized spacial score (nSPS) is 10.6. The lowest BCUT2D eigenvalue weighted by atomic mass is 10.2. The van der Waals surface area contributed by atoms with Gasteiger partial charge in [0.2, 0.25) is 5.28 Å². The molecule has 21 heavy (non-hydrogen) atoms. The van der Waals surface area contributed by atoms with Gasteiger partial charge in [-0.2, -0.15) is 20.1 Å². The molecule has 0 bridgehead atoms. The Morgan fingerprint density at radius 3 is 2.76 bits per heavy atom. The van der Waals surface area contributed by atoms with E-state index in [9.17, 15) is 0 Å². The molecule has 2 heterocycles. The van der Waals surface area contributed by atoms with E-state index in [2.05, 4.69) is 36.0 Å². The van der Waals surface area contributed by atoms with Crippen LogP contribution in [0.15, 0.2) is 47.2 Å². The molecule has 8 heteroatoms. The first kappa shape index (κ1) is 14.0. The van der Waals surface area contributed by atoms with E-state index < -0.39 is 0 Å². The van der Waals surface area contributed by atoms with E-state index in [0.29, 0.717) is 12.6 Å². The molecule has 3 rings (SSSR count). The second-order valence-electron chi connectivity index (χ2n) is 4.02. The summed E-state index contributed by atoms with van der Waals surface area (Å²) in [5, 5.41) is 4.10. The van der Waals surface area contributed by atoms with Gasteiger partial charge in [-0.05, 0) is 23.7 Å². The molecule has 1 aromatic carbocycles. The summed E-state index contributed by atoms with van der Waals surface area (Å²) in [5.74, 6) is 0.308. The van der Waals surface area contributed by atoms with Crippen LogP contribution in [0, 0.1) is 0 Å². The molecule has 0 saturated carbocycles. The number of rotatable bonds is 4. The van der Waals surface area contributed by atoms with Gasteiger partial charge in [-0.1, -0.05) is 34.1 Å². The van der Waals surface area contributed by atoms with Crippen LogP contribution in [0.4, 0.5) is 0 Å². The van der Waals surface area contributed by atoms with Crippen molar-refractivity contribution in [2.75, 3.05) is 0 Å². The van der Waals surface area contributed by atoms with Gasteiger partial charge in [0, 0.05) is 22.4 Å². The van der Waals surface area contributed by atoms with Gasteiger partial charge in [-0.3, -0.25) is 0 Å². The lowest BCUT2D eigenvalue weighted by molar-refractivity contribution is 0.278. The number of ether oxygens (including phenoxy) is 1. The van der Waals surface area contributed by atoms with Gasteiger partial charge in [0.15, 0.2) is 0 Å². The van der Waals surface area contributed by atoms with Crippen molar-refractivity contribution in [2.24, 2.45) is 0 Å². The molecular formula is C13H9BrClN5O. The molecule has 3 aromatic rings. The number of nitrogens with zero attached hydrogens (tertiary/aromatic N) is 5. The van der Waals surface area contributed by atoms with Gasteiger partial charge in [0.25, 0.3) is 5.95 Å². The maximum atomic E-state index is 5.89. The lowest BCUT2D eigenvalue weighted by Crippen LogP contribution is -2.07. The first-order chi connectivity index (χ1) is 10.2. The third-order valence-corrected chi connectivity index (χ3v) is 3.54. The molecule has 0 aliphatic carbocycles. The molecule has 0 saturated heterocycles. The maximum absolute atomic E-state index is 5.89. The summed E-state index contributed by atoms with van der Waals surface area (Å²) in [6.07, 6.45) is 3.34. The van der Waals surface area contributed by atoms with E-state index in [4.69, 9.17) is 16.3 Å². The summed E-state index contributed by atoms with van der Waals surface area (Å²) in [6, 6.07) is 9.66. The highest BCUT2D eigenvalue weighted by atomic mass is 79.9. The summed E-state index contributed by atoms with van der Waals surface area (Å²) in [5.41, 5.74) is 0.981. The average molecular weight is 367 g/mol. The summed E-state index contributed by atoms with van der Waals surface area (Å²) in [4.78, 5) is 12.1. The molecule has 2 aromatic heterocycles. The maximum Gasteiger partial charge on any atom is 0.322 e. The second-order valence-corrected chi connectivity index (χ2v) is 5.21. The van der Waals surface area contributed by atoms with Crippen LogP contribution in [0.3, 0.4) is 0 Å². The quantitative estimate of drug-likeness (QED) is 0.710. The Labute approximate surface area is 133 Å². The highest BCUT2D eigenvalue weighted by Gasteiger charge is 2.09.